The number of hydroxylamine groups is 2. The highest BCUT2D eigenvalue weighted by Crippen LogP contribution is 2.31. The zero-order valence-electron chi connectivity index (χ0n) is 7.47. The minimum atomic E-state index is -1.36. The molecular weight excluding hydrogens is 186 g/mol. The Labute approximate surface area is 80.1 Å². The minimum Gasteiger partial charge on any atom is -0.378 e. The van der Waals surface area contributed by atoms with E-state index in [1.54, 1.807) is 18.2 Å². The third kappa shape index (κ3) is 1.23. The Balaban J connectivity index is 2.50. The maximum atomic E-state index is 11.1. The van der Waals surface area contributed by atoms with Crippen LogP contribution in [0.1, 0.15) is 17.2 Å². The van der Waals surface area contributed by atoms with Crippen LogP contribution < -0.4 is 4.84 Å². The number of amides is 1. The molecule has 2 N–H and O–H groups in total. The highest BCUT2D eigenvalue weighted by atomic mass is 16.9. The van der Waals surface area contributed by atoms with Gasteiger partial charge in [0, 0.05) is 5.56 Å². The summed E-state index contributed by atoms with van der Waals surface area (Å²) in [6.07, 6.45) is -1.36. The first kappa shape index (κ1) is 8.98. The Morgan fingerprint density at radius 2 is 2.21 bits per heavy atom. The molecule has 1 aromatic rings. The predicted molar refractivity (Wildman–Crippen MR) is 45.4 cm³/mol. The van der Waals surface area contributed by atoms with Crippen molar-refractivity contribution in [3.05, 3.63) is 29.3 Å². The van der Waals surface area contributed by atoms with E-state index in [9.17, 15) is 9.90 Å². The van der Waals surface area contributed by atoms with Crippen LogP contribution in [0.3, 0.4) is 0 Å². The first-order valence-electron chi connectivity index (χ1n) is 4.09. The van der Waals surface area contributed by atoms with Crippen molar-refractivity contribution >= 4 is 5.91 Å². The van der Waals surface area contributed by atoms with Gasteiger partial charge in [0.1, 0.15) is 0 Å². The number of aliphatic hydroxyl groups is 1. The average molecular weight is 195 g/mol. The van der Waals surface area contributed by atoms with Gasteiger partial charge in [-0.1, -0.05) is 12.1 Å². The van der Waals surface area contributed by atoms with Crippen molar-refractivity contribution in [1.29, 1.82) is 0 Å². The molecule has 1 atom stereocenters. The lowest BCUT2D eigenvalue weighted by molar-refractivity contribution is -0.277. The van der Waals surface area contributed by atoms with E-state index in [1.807, 2.05) is 6.92 Å². The molecular formula is C9H9NO4. The number of hydrogen-bond donors (Lipinski definition) is 2. The third-order valence-corrected chi connectivity index (χ3v) is 2.07. The van der Waals surface area contributed by atoms with Crippen molar-refractivity contribution in [2.45, 2.75) is 13.0 Å². The van der Waals surface area contributed by atoms with E-state index in [-0.39, 0.29) is 5.23 Å². The molecule has 1 aliphatic heterocycles. The van der Waals surface area contributed by atoms with Gasteiger partial charge in [0.15, 0.2) is 11.9 Å². The molecule has 0 saturated heterocycles. The highest BCUT2D eigenvalue weighted by molar-refractivity contribution is 5.82. The van der Waals surface area contributed by atoms with Gasteiger partial charge in [-0.05, 0) is 23.8 Å². The second kappa shape index (κ2) is 2.97. The molecule has 0 spiro atoms. The van der Waals surface area contributed by atoms with E-state index in [0.717, 1.165) is 5.56 Å². The number of aliphatic hydroxyl groups excluding tert-OH is 1. The second-order valence-electron chi connectivity index (χ2n) is 3.15. The molecule has 1 aliphatic rings. The number of carbonyl (C=O) groups excluding carboxylic acids is 1. The largest absolute Gasteiger partial charge is 0.378 e. The normalized spacial score (nSPS) is 20.4. The molecule has 5 heteroatoms. The fourth-order valence-electron chi connectivity index (χ4n) is 1.32. The molecule has 0 aromatic heterocycles. The molecule has 1 amide bonds. The van der Waals surface area contributed by atoms with E-state index in [4.69, 9.17) is 10.0 Å². The van der Waals surface area contributed by atoms with Crippen molar-refractivity contribution in [1.82, 2.24) is 5.23 Å². The summed E-state index contributed by atoms with van der Waals surface area (Å²) >= 11 is 0. The molecule has 2 rings (SSSR count). The Morgan fingerprint density at radius 1 is 1.50 bits per heavy atom. The third-order valence-electron chi connectivity index (χ3n) is 2.07. The van der Waals surface area contributed by atoms with E-state index in [2.05, 4.69) is 0 Å². The maximum absolute atomic E-state index is 11.1. The lowest BCUT2D eigenvalue weighted by Crippen LogP contribution is -2.39. The summed E-state index contributed by atoms with van der Waals surface area (Å²) in [6, 6.07) is 4.99. The van der Waals surface area contributed by atoms with Crippen LogP contribution in [0, 0.1) is 6.92 Å². The van der Waals surface area contributed by atoms with Crippen molar-refractivity contribution < 1.29 is 19.9 Å². The van der Waals surface area contributed by atoms with Crippen LogP contribution in [-0.4, -0.2) is 21.4 Å². The molecule has 0 saturated carbocycles. The molecule has 0 fully saturated rings. The zero-order chi connectivity index (χ0) is 10.3. The molecule has 0 radical (unpaired) electrons. The summed E-state index contributed by atoms with van der Waals surface area (Å²) in [4.78, 5) is 15.8. The first-order chi connectivity index (χ1) is 6.59. The van der Waals surface area contributed by atoms with Crippen LogP contribution in [-0.2, 0) is 4.79 Å². The minimum absolute atomic E-state index is 0.0481. The van der Waals surface area contributed by atoms with Crippen molar-refractivity contribution in [2.75, 3.05) is 0 Å². The Bertz CT molecular complexity index is 390. The number of aryl methyl sites for hydroxylation is 1. The predicted octanol–water partition coefficient (Wildman–Crippen LogP) is 0.554. The Morgan fingerprint density at radius 3 is 2.93 bits per heavy atom. The van der Waals surface area contributed by atoms with Gasteiger partial charge in [-0.3, -0.25) is 10.0 Å². The molecule has 14 heavy (non-hydrogen) atoms. The van der Waals surface area contributed by atoms with E-state index < -0.39 is 12.0 Å². The number of benzene rings is 1. The van der Waals surface area contributed by atoms with Gasteiger partial charge >= 0.3 is 5.91 Å². The molecule has 5 nitrogen and oxygen atoms in total. The molecule has 0 bridgehead atoms. The van der Waals surface area contributed by atoms with Crippen LogP contribution >= 0.6 is 0 Å². The van der Waals surface area contributed by atoms with Gasteiger partial charge in [0.2, 0.25) is 0 Å². The van der Waals surface area contributed by atoms with Crippen LogP contribution in [0.2, 0.25) is 0 Å². The second-order valence-corrected chi connectivity index (χ2v) is 3.15. The lowest BCUT2D eigenvalue weighted by Gasteiger charge is -2.26. The Kier molecular flexibility index (Phi) is 1.90. The van der Waals surface area contributed by atoms with Crippen molar-refractivity contribution in [3.63, 3.8) is 0 Å². The summed E-state index contributed by atoms with van der Waals surface area (Å²) in [7, 11) is 0. The van der Waals surface area contributed by atoms with Gasteiger partial charge < -0.3 is 9.94 Å². The molecule has 1 unspecified atom stereocenters. The van der Waals surface area contributed by atoms with Gasteiger partial charge in [-0.2, -0.15) is 0 Å². The SMILES string of the molecule is Cc1ccc2c(c1)ON(O)C(=O)C2O. The molecule has 74 valence electrons. The highest BCUT2D eigenvalue weighted by Gasteiger charge is 2.33. The lowest BCUT2D eigenvalue weighted by atomic mass is 10.0. The maximum Gasteiger partial charge on any atom is 0.317 e. The fourth-order valence-corrected chi connectivity index (χ4v) is 1.32. The zero-order valence-corrected chi connectivity index (χ0v) is 7.47. The Hall–Kier alpha value is -1.59. The number of rotatable bonds is 0. The monoisotopic (exact) mass is 195 g/mol. The number of nitrogens with zero attached hydrogens (tertiary/aromatic N) is 1. The van der Waals surface area contributed by atoms with Crippen LogP contribution in [0.4, 0.5) is 0 Å². The van der Waals surface area contributed by atoms with Crippen molar-refractivity contribution in [3.8, 4) is 5.75 Å². The smallest absolute Gasteiger partial charge is 0.317 e. The molecule has 1 heterocycles. The topological polar surface area (TPSA) is 70.0 Å². The summed E-state index contributed by atoms with van der Waals surface area (Å²) in [5.74, 6) is -0.596. The first-order valence-corrected chi connectivity index (χ1v) is 4.09. The number of hydrogen-bond acceptors (Lipinski definition) is 4. The van der Waals surface area contributed by atoms with Gasteiger partial charge in [0.25, 0.3) is 0 Å². The number of fused-ring (bicyclic) bond motifs is 1. The fraction of sp³-hybridized carbons (Fsp3) is 0.222. The van der Waals surface area contributed by atoms with Gasteiger partial charge in [0.05, 0.1) is 0 Å². The summed E-state index contributed by atoms with van der Waals surface area (Å²) in [5.41, 5.74) is 1.28. The van der Waals surface area contributed by atoms with Gasteiger partial charge in [-0.25, -0.2) is 0 Å². The van der Waals surface area contributed by atoms with Gasteiger partial charge in [-0.15, -0.1) is 0 Å². The number of carbonyl (C=O) groups is 1. The molecule has 1 aromatic carbocycles. The quantitative estimate of drug-likeness (QED) is 0.593. The standard InChI is InChI=1S/C9H9NO4/c1-5-2-3-6-7(4-5)14-10(13)9(12)8(6)11/h2-4,8,11,13H,1H3. The van der Waals surface area contributed by atoms with E-state index >= 15 is 0 Å². The van der Waals surface area contributed by atoms with Crippen LogP contribution in [0.25, 0.3) is 0 Å². The molecule has 0 aliphatic carbocycles. The van der Waals surface area contributed by atoms with E-state index in [0.29, 0.717) is 11.3 Å². The summed E-state index contributed by atoms with van der Waals surface area (Å²) in [5, 5.41) is 18.5. The average Bonchev–Trinajstić information content (AvgIpc) is 2.14. The summed E-state index contributed by atoms with van der Waals surface area (Å²) in [6.45, 7) is 1.84. The summed E-state index contributed by atoms with van der Waals surface area (Å²) < 4.78 is 0. The van der Waals surface area contributed by atoms with E-state index in [1.165, 1.54) is 0 Å². The van der Waals surface area contributed by atoms with Crippen LogP contribution in [0.5, 0.6) is 5.75 Å². The van der Waals surface area contributed by atoms with Crippen LogP contribution in [0.15, 0.2) is 18.2 Å². The van der Waals surface area contributed by atoms with Crippen molar-refractivity contribution in [2.24, 2.45) is 0 Å².